The number of aryl methyl sites for hydroxylation is 2. The number of amides is 7. The maximum Gasteiger partial charge on any atom is 3.00 e. The first-order valence-electron chi connectivity index (χ1n) is 30.1. The van der Waals surface area contributed by atoms with Gasteiger partial charge in [-0.15, -0.1) is 9.05 Å². The van der Waals surface area contributed by atoms with Gasteiger partial charge in [-0.2, -0.15) is 5.70 Å². The molecule has 1 aromatic heterocycles. The third-order valence-corrected chi connectivity index (χ3v) is 21.0. The summed E-state index contributed by atoms with van der Waals surface area (Å²) in [5.41, 5.74) is 37.3. The van der Waals surface area contributed by atoms with Gasteiger partial charge in [-0.1, -0.05) is 47.1 Å². The number of fused-ring (bicyclic) bond motifs is 7. The number of imidazole rings is 1. The Morgan fingerprint density at radius 1 is 0.780 bits per heavy atom. The van der Waals surface area contributed by atoms with E-state index >= 15 is 0 Å². The van der Waals surface area contributed by atoms with E-state index in [9.17, 15) is 48.3 Å². The molecule has 7 amide bonds. The molecule has 2 fully saturated rings. The van der Waals surface area contributed by atoms with Gasteiger partial charge in [0.05, 0.1) is 24.0 Å². The first-order valence-corrected chi connectivity index (χ1v) is 31.2. The number of aliphatic hydroxyl groups excluding tert-OH is 2. The van der Waals surface area contributed by atoms with Crippen molar-refractivity contribution in [2.75, 3.05) is 19.8 Å². The molecule has 8 bridgehead atoms. The monoisotopic (exact) mass is 1320 g/mol. The summed E-state index contributed by atoms with van der Waals surface area (Å²) in [6.07, 6.45) is -2.18. The molecule has 2 aromatic rings. The van der Waals surface area contributed by atoms with Crippen molar-refractivity contribution in [3.05, 3.63) is 75.8 Å². The number of ether oxygens (including phenoxy) is 1. The topological polar surface area (TPSA) is 466 Å². The zero-order chi connectivity index (χ0) is 66.9. The van der Waals surface area contributed by atoms with E-state index in [4.69, 9.17) is 80.3 Å². The zero-order valence-electron chi connectivity index (χ0n) is 53.2. The number of aliphatic imine (C=N–C) groups is 3. The number of primary amides is 6. The molecule has 14 atom stereocenters. The molecule has 27 nitrogen and oxygen atoms in total. The number of hydrogen-bond acceptors (Lipinski definition) is 18. The smallest absolute Gasteiger partial charge is 0.680 e. The van der Waals surface area contributed by atoms with Crippen LogP contribution < -0.4 is 39.7 Å². The van der Waals surface area contributed by atoms with Crippen LogP contribution >= 0.6 is 8.25 Å². The van der Waals surface area contributed by atoms with Crippen LogP contribution in [0.5, 0.6) is 0 Å². The van der Waals surface area contributed by atoms with Crippen LogP contribution in [0.2, 0.25) is 0 Å². The molecule has 1 aromatic carbocycles. The number of nitrogens with two attached hydrogens (primary N) is 6. The Hall–Kier alpha value is -7.09. The Kier molecular flexibility index (Phi) is 22.8. The quantitative estimate of drug-likeness (QED) is 0.0362. The van der Waals surface area contributed by atoms with Crippen molar-refractivity contribution >= 4 is 77.8 Å². The Labute approximate surface area is 540 Å². The molecule has 2 saturated heterocycles. The first-order chi connectivity index (χ1) is 42.1. The summed E-state index contributed by atoms with van der Waals surface area (Å²) in [6, 6.07) is 2.80. The summed E-state index contributed by atoms with van der Waals surface area (Å²) in [6.45, 7) is 22.6. The van der Waals surface area contributed by atoms with Crippen molar-refractivity contribution in [2.24, 2.45) is 94.7 Å². The number of rotatable bonds is 26. The van der Waals surface area contributed by atoms with Crippen LogP contribution in [-0.4, -0.2) is 128 Å². The van der Waals surface area contributed by atoms with Crippen molar-refractivity contribution in [3.8, 4) is 0 Å². The standard InChI is InChI=1S/C61H86N13O13P.CN.Co/c1-29-21-38-39(22-30(29)2)74(28-69-38)56-51(83)52(40(27-75)86-56)87-88(84)85-20-19-68-48(82)17-18-58(7)36(23-45(65)79)55-61(10)60(9,26-47(67)81)35(13-16-44(64)78)50(73-61)32(4)54-59(8,25-46(66)80)33(11-14-42(62)76)37(70-54)24-41-57(5,6)34(12-15-43(63)77)49(71-41)31(3)53(58)72-55;1-2;/h21-22,24,28,33-36,40,51-52,55-56,75,83H,11-20,23,25-27H2,1-10H3,(H13-,62,63,64,65,66,67,68,70,71,72,73,76,77,78,79,80,81,82);;/q;-1;+3/t33-,34-,35-,36-,40+,51+,52+,55+,56-,58+,59+,60-,61+;;/m0../s1. The van der Waals surface area contributed by atoms with Crippen LogP contribution in [0, 0.1) is 71.0 Å². The number of nitrogens with zero attached hydrogens (tertiary/aromatic N) is 7. The number of carbonyl (C=O) groups excluding carboxylic acids is 7. The maximum atomic E-state index is 14.2. The normalized spacial score (nSPS) is 31.9. The van der Waals surface area contributed by atoms with Crippen molar-refractivity contribution < 1.29 is 78.9 Å². The van der Waals surface area contributed by atoms with Gasteiger partial charge in [0.1, 0.15) is 18.8 Å². The molecule has 91 heavy (non-hydrogen) atoms. The maximum absolute atomic E-state index is 14.2. The van der Waals surface area contributed by atoms with E-state index in [1.807, 2.05) is 80.5 Å². The van der Waals surface area contributed by atoms with E-state index in [0.29, 0.717) is 56.4 Å². The fraction of sp³-hybridized carbons (Fsp3) is 0.613. The predicted molar refractivity (Wildman–Crippen MR) is 332 cm³/mol. The summed E-state index contributed by atoms with van der Waals surface area (Å²) >= 11 is 0. The SMILES string of the molecule is CC1=C2[N-][C@](C)([C@@H]3N=C(/C(C)=C4N=C(/C=C5\N=C1[C@](C)(CC(N)=O)[C@H]5CCC(N)=O)C(C)(C)[C@H]\4CCC(N)=O)[C@](C)(CCC(=O)NCCO[P+](=O)O[C@H]1[C@@H](O)[C@@H](n4cnc5cc(C)c(C)cc54)O[C@@H]1CO)[C@H]3CC(N)=O)[C@@](C)(CC(N)=O)[C@H]2CCC(N)=O.[C-]#N.[Co+3]. The molecule has 494 valence electrons. The van der Waals surface area contributed by atoms with Gasteiger partial charge in [0.2, 0.25) is 41.4 Å². The van der Waals surface area contributed by atoms with Gasteiger partial charge in [0, 0.05) is 119 Å². The molecule has 1 unspecified atom stereocenters. The van der Waals surface area contributed by atoms with Gasteiger partial charge >= 0.3 is 25.0 Å². The fourth-order valence-electron chi connectivity index (χ4n) is 15.1. The molecule has 8 rings (SSSR count). The molecule has 0 aliphatic carbocycles. The molecule has 7 heterocycles. The number of benzene rings is 1. The predicted octanol–water partition coefficient (Wildman–Crippen LogP) is 4.21. The number of hydrogen-bond donors (Lipinski definition) is 9. The minimum absolute atomic E-state index is 0. The van der Waals surface area contributed by atoms with E-state index in [2.05, 4.69) is 10.3 Å². The van der Waals surface area contributed by atoms with Gasteiger partial charge in [-0.05, 0) is 111 Å². The van der Waals surface area contributed by atoms with Crippen LogP contribution in [0.15, 0.2) is 67.8 Å². The second kappa shape index (κ2) is 28.4. The Bertz CT molecular complexity index is 3490. The molecule has 6 aliphatic rings. The third kappa shape index (κ3) is 14.1. The van der Waals surface area contributed by atoms with E-state index in [1.165, 1.54) is 6.33 Å². The average molecular weight is 1330 g/mol. The minimum atomic E-state index is -2.93. The average Bonchev–Trinajstić information content (AvgIpc) is 1.53. The molecule has 29 heteroatoms. The number of aromatic nitrogens is 2. The van der Waals surface area contributed by atoms with Crippen LogP contribution in [-0.2, 0) is 68.7 Å². The summed E-state index contributed by atoms with van der Waals surface area (Å²) in [5.74, 6) is -7.06. The van der Waals surface area contributed by atoms with Crippen molar-refractivity contribution in [3.63, 3.8) is 0 Å². The van der Waals surface area contributed by atoms with Crippen molar-refractivity contribution in [1.29, 1.82) is 5.26 Å². The van der Waals surface area contributed by atoms with Crippen molar-refractivity contribution in [1.82, 2.24) is 14.9 Å². The molecular formula is C62H86CoN14O13P+2. The second-order valence-electron chi connectivity index (χ2n) is 26.2. The molecule has 0 saturated carbocycles. The van der Waals surface area contributed by atoms with E-state index in [1.54, 1.807) is 11.5 Å². The third-order valence-electron chi connectivity index (χ3n) is 20.2. The summed E-state index contributed by atoms with van der Waals surface area (Å²) in [4.78, 5) is 114. The van der Waals surface area contributed by atoms with E-state index in [-0.39, 0.29) is 101 Å². The van der Waals surface area contributed by atoms with E-state index < -0.39 is 138 Å². The largest absolute Gasteiger partial charge is 3.00 e. The Morgan fingerprint density at radius 2 is 1.37 bits per heavy atom. The Morgan fingerprint density at radius 3 is 1.96 bits per heavy atom. The number of allylic oxidation sites excluding steroid dienone is 6. The number of carbonyl (C=O) groups is 7. The van der Waals surface area contributed by atoms with Gasteiger partial charge in [0.15, 0.2) is 12.3 Å². The molecule has 0 radical (unpaired) electrons. The van der Waals surface area contributed by atoms with E-state index in [0.717, 1.165) is 11.1 Å². The molecule has 15 N–H and O–H groups in total. The van der Waals surface area contributed by atoms with Gasteiger partial charge in [-0.25, -0.2) is 4.98 Å². The molecule has 6 aliphatic heterocycles. The Balaban J connectivity index is 0.00000434. The number of aliphatic hydroxyl groups is 2. The fourth-order valence-corrected chi connectivity index (χ4v) is 15.8. The summed E-state index contributed by atoms with van der Waals surface area (Å²) < 4.78 is 32.1. The number of nitrogens with one attached hydrogen (secondary N) is 1. The van der Waals surface area contributed by atoms with Crippen LogP contribution in [0.1, 0.15) is 143 Å². The van der Waals surface area contributed by atoms with Crippen LogP contribution in [0.4, 0.5) is 0 Å². The zero-order valence-corrected chi connectivity index (χ0v) is 55.1. The van der Waals surface area contributed by atoms with Gasteiger partial charge in [0.25, 0.3) is 0 Å². The minimum Gasteiger partial charge on any atom is -0.680 e. The molecule has 0 spiro atoms. The van der Waals surface area contributed by atoms with Crippen LogP contribution in [0.3, 0.4) is 0 Å². The van der Waals surface area contributed by atoms with Gasteiger partial charge < -0.3 is 76.4 Å². The summed E-state index contributed by atoms with van der Waals surface area (Å²) in [7, 11) is -2.93. The van der Waals surface area contributed by atoms with Crippen LogP contribution in [0.25, 0.3) is 16.4 Å². The summed E-state index contributed by atoms with van der Waals surface area (Å²) in [5, 5.41) is 36.4. The van der Waals surface area contributed by atoms with Gasteiger partial charge in [-0.3, -0.25) is 48.5 Å². The second-order valence-corrected chi connectivity index (χ2v) is 27.1. The van der Waals surface area contributed by atoms with Crippen molar-refractivity contribution in [2.45, 2.75) is 176 Å². The first kappa shape index (κ1) is 73.0. The molecular weight excluding hydrogens is 1240 g/mol.